The highest BCUT2D eigenvalue weighted by molar-refractivity contribution is 5.20. The average Bonchev–Trinajstić information content (AvgIpc) is 3.02. The van der Waals surface area contributed by atoms with Gasteiger partial charge in [-0.1, -0.05) is 67.6 Å². The van der Waals surface area contributed by atoms with Crippen molar-refractivity contribution in [1.29, 1.82) is 0 Å². The van der Waals surface area contributed by atoms with Crippen LogP contribution in [0.5, 0.6) is 0 Å². The predicted molar refractivity (Wildman–Crippen MR) is 106 cm³/mol. The number of nitrogens with zero attached hydrogens (tertiary/aromatic N) is 2. The quantitative estimate of drug-likeness (QED) is 0.897. The molecule has 26 heavy (non-hydrogen) atoms. The molecule has 0 radical (unpaired) electrons. The first-order chi connectivity index (χ1) is 12.7. The van der Waals surface area contributed by atoms with Gasteiger partial charge in [0.05, 0.1) is 6.10 Å². The number of fused-ring (bicyclic) bond motifs is 1. The van der Waals surface area contributed by atoms with Crippen LogP contribution in [0.25, 0.3) is 0 Å². The smallest absolute Gasteiger partial charge is 0.0682 e. The molecule has 0 saturated carbocycles. The molecule has 2 saturated heterocycles. The van der Waals surface area contributed by atoms with Crippen LogP contribution in [-0.2, 0) is 6.42 Å². The summed E-state index contributed by atoms with van der Waals surface area (Å²) in [6.07, 6.45) is 1.86. The van der Waals surface area contributed by atoms with Crippen LogP contribution in [0.1, 0.15) is 30.4 Å². The van der Waals surface area contributed by atoms with Crippen LogP contribution in [0.15, 0.2) is 60.7 Å². The van der Waals surface area contributed by atoms with Crippen LogP contribution >= 0.6 is 0 Å². The number of aliphatic hydroxyl groups excluding tert-OH is 1. The first kappa shape index (κ1) is 17.7. The van der Waals surface area contributed by atoms with Crippen LogP contribution in [0.2, 0.25) is 0 Å². The summed E-state index contributed by atoms with van der Waals surface area (Å²) in [4.78, 5) is 5.20. The number of rotatable bonds is 5. The summed E-state index contributed by atoms with van der Waals surface area (Å²) >= 11 is 0. The molecular weight excluding hydrogens is 320 g/mol. The largest absolute Gasteiger partial charge is 0.392 e. The zero-order chi connectivity index (χ0) is 17.9. The van der Waals surface area contributed by atoms with Gasteiger partial charge in [-0.15, -0.1) is 0 Å². The molecule has 2 heterocycles. The van der Waals surface area contributed by atoms with Gasteiger partial charge in [-0.25, -0.2) is 0 Å². The molecule has 1 N–H and O–H groups in total. The standard InChI is InChI=1S/C23H30N2O/c1-18(20-10-6-3-7-11-20)14-24-16-22-13-23(26)17-25(22)15-21(24)12-19-8-4-2-5-9-19/h2-11,18,21-23,26H,12-17H2,1H3/t18-,21-,22-,23+/m0/s1. The molecule has 3 nitrogen and oxygen atoms in total. The first-order valence-corrected chi connectivity index (χ1v) is 9.94. The Hall–Kier alpha value is -1.68. The number of piperazine rings is 1. The fourth-order valence-corrected chi connectivity index (χ4v) is 4.72. The van der Waals surface area contributed by atoms with E-state index in [1.165, 1.54) is 11.1 Å². The van der Waals surface area contributed by atoms with E-state index in [-0.39, 0.29) is 6.10 Å². The van der Waals surface area contributed by atoms with Crippen molar-refractivity contribution >= 4 is 0 Å². The lowest BCUT2D eigenvalue weighted by molar-refractivity contribution is 0.0466. The first-order valence-electron chi connectivity index (χ1n) is 9.94. The highest BCUT2D eigenvalue weighted by Crippen LogP contribution is 2.28. The van der Waals surface area contributed by atoms with Crippen molar-refractivity contribution in [2.24, 2.45) is 0 Å². The highest BCUT2D eigenvalue weighted by atomic mass is 16.3. The Kier molecular flexibility index (Phi) is 5.39. The van der Waals surface area contributed by atoms with Gasteiger partial charge in [0.2, 0.25) is 0 Å². The van der Waals surface area contributed by atoms with Crippen molar-refractivity contribution in [2.75, 3.05) is 26.2 Å². The topological polar surface area (TPSA) is 26.7 Å². The van der Waals surface area contributed by atoms with E-state index in [9.17, 15) is 5.11 Å². The molecule has 2 aliphatic heterocycles. The van der Waals surface area contributed by atoms with Gasteiger partial charge in [0.25, 0.3) is 0 Å². The minimum Gasteiger partial charge on any atom is -0.392 e. The third-order valence-electron chi connectivity index (χ3n) is 6.10. The minimum atomic E-state index is -0.149. The molecule has 3 heteroatoms. The fraction of sp³-hybridized carbons (Fsp3) is 0.478. The lowest BCUT2D eigenvalue weighted by atomic mass is 9.95. The summed E-state index contributed by atoms with van der Waals surface area (Å²) in [6, 6.07) is 22.7. The van der Waals surface area contributed by atoms with Crippen molar-refractivity contribution in [3.63, 3.8) is 0 Å². The zero-order valence-electron chi connectivity index (χ0n) is 15.7. The van der Waals surface area contributed by atoms with Gasteiger partial charge in [-0.2, -0.15) is 0 Å². The van der Waals surface area contributed by atoms with E-state index >= 15 is 0 Å². The van der Waals surface area contributed by atoms with Gasteiger partial charge in [-0.3, -0.25) is 9.80 Å². The Morgan fingerprint density at radius 1 is 0.962 bits per heavy atom. The number of benzene rings is 2. The molecule has 2 aromatic rings. The van der Waals surface area contributed by atoms with E-state index in [1.807, 2.05) is 0 Å². The Balaban J connectivity index is 1.50. The molecule has 0 aliphatic carbocycles. The Morgan fingerprint density at radius 2 is 1.65 bits per heavy atom. The van der Waals surface area contributed by atoms with Crippen molar-refractivity contribution < 1.29 is 5.11 Å². The molecule has 138 valence electrons. The third-order valence-corrected chi connectivity index (χ3v) is 6.10. The molecule has 0 spiro atoms. The Labute approximate surface area is 157 Å². The van der Waals surface area contributed by atoms with Crippen LogP contribution in [0.4, 0.5) is 0 Å². The monoisotopic (exact) mass is 350 g/mol. The minimum absolute atomic E-state index is 0.149. The Bertz CT molecular complexity index is 690. The van der Waals surface area contributed by atoms with Crippen LogP contribution in [0.3, 0.4) is 0 Å². The molecule has 0 unspecified atom stereocenters. The zero-order valence-corrected chi connectivity index (χ0v) is 15.7. The Morgan fingerprint density at radius 3 is 2.38 bits per heavy atom. The van der Waals surface area contributed by atoms with E-state index in [4.69, 9.17) is 0 Å². The lowest BCUT2D eigenvalue weighted by Crippen LogP contribution is -2.57. The molecule has 2 fully saturated rings. The molecule has 0 amide bonds. The molecule has 0 bridgehead atoms. The fourth-order valence-electron chi connectivity index (χ4n) is 4.72. The normalized spacial score (nSPS) is 28.0. The van der Waals surface area contributed by atoms with Crippen LogP contribution < -0.4 is 0 Å². The van der Waals surface area contributed by atoms with E-state index < -0.39 is 0 Å². The third kappa shape index (κ3) is 4.01. The molecule has 0 aromatic heterocycles. The molecule has 4 rings (SSSR count). The molecule has 2 aromatic carbocycles. The summed E-state index contributed by atoms with van der Waals surface area (Å²) in [5.41, 5.74) is 2.83. The van der Waals surface area contributed by atoms with E-state index in [0.717, 1.165) is 39.0 Å². The van der Waals surface area contributed by atoms with Crippen molar-refractivity contribution in [3.05, 3.63) is 71.8 Å². The van der Waals surface area contributed by atoms with Crippen molar-refractivity contribution in [3.8, 4) is 0 Å². The van der Waals surface area contributed by atoms with E-state index in [2.05, 4.69) is 77.4 Å². The maximum Gasteiger partial charge on any atom is 0.0682 e. The highest BCUT2D eigenvalue weighted by Gasteiger charge is 2.39. The summed E-state index contributed by atoms with van der Waals surface area (Å²) in [7, 11) is 0. The average molecular weight is 351 g/mol. The molecule has 2 aliphatic rings. The lowest BCUT2D eigenvalue weighted by Gasteiger charge is -2.44. The van der Waals surface area contributed by atoms with Gasteiger partial charge >= 0.3 is 0 Å². The maximum absolute atomic E-state index is 10.1. The van der Waals surface area contributed by atoms with Gasteiger partial charge in [0.15, 0.2) is 0 Å². The summed E-state index contributed by atoms with van der Waals surface area (Å²) in [5.74, 6) is 0.521. The summed E-state index contributed by atoms with van der Waals surface area (Å²) in [5, 5.41) is 10.1. The van der Waals surface area contributed by atoms with Gasteiger partial charge < -0.3 is 5.11 Å². The number of aliphatic hydroxyl groups is 1. The van der Waals surface area contributed by atoms with Crippen molar-refractivity contribution in [1.82, 2.24) is 9.80 Å². The van der Waals surface area contributed by atoms with E-state index in [0.29, 0.717) is 18.0 Å². The van der Waals surface area contributed by atoms with E-state index in [1.54, 1.807) is 0 Å². The second-order valence-electron chi connectivity index (χ2n) is 8.11. The predicted octanol–water partition coefficient (Wildman–Crippen LogP) is 3.15. The number of hydrogen-bond donors (Lipinski definition) is 1. The second-order valence-corrected chi connectivity index (χ2v) is 8.11. The molecular formula is C23H30N2O. The number of hydrogen-bond acceptors (Lipinski definition) is 3. The SMILES string of the molecule is C[C@@H](CN1C[C@@H]2C[C@@H](O)CN2C[C@@H]1Cc1ccccc1)c1ccccc1. The summed E-state index contributed by atoms with van der Waals surface area (Å²) < 4.78 is 0. The maximum atomic E-state index is 10.1. The van der Waals surface area contributed by atoms with Crippen LogP contribution in [0, 0.1) is 0 Å². The van der Waals surface area contributed by atoms with Gasteiger partial charge in [0.1, 0.15) is 0 Å². The summed E-state index contributed by atoms with van der Waals surface area (Å²) in [6.45, 7) is 6.41. The van der Waals surface area contributed by atoms with Crippen LogP contribution in [-0.4, -0.2) is 59.3 Å². The second kappa shape index (κ2) is 7.91. The van der Waals surface area contributed by atoms with Gasteiger partial charge in [-0.05, 0) is 29.9 Å². The van der Waals surface area contributed by atoms with Gasteiger partial charge in [0, 0.05) is 38.3 Å². The molecule has 4 atom stereocenters. The van der Waals surface area contributed by atoms with Crippen molar-refractivity contribution in [2.45, 2.75) is 43.9 Å².